The lowest BCUT2D eigenvalue weighted by Crippen LogP contribution is -1.74. The summed E-state index contributed by atoms with van der Waals surface area (Å²) < 4.78 is 0.847. The minimum absolute atomic E-state index is 0.226. The van der Waals surface area contributed by atoms with E-state index in [1.165, 1.54) is 11.3 Å². The van der Waals surface area contributed by atoms with Gasteiger partial charge in [-0.25, -0.2) is 0 Å². The molecule has 0 aliphatic heterocycles. The van der Waals surface area contributed by atoms with Gasteiger partial charge in [0.25, 0.3) is 0 Å². The van der Waals surface area contributed by atoms with Crippen molar-refractivity contribution in [2.75, 3.05) is 0 Å². The molecule has 0 aliphatic carbocycles. The van der Waals surface area contributed by atoms with E-state index < -0.39 is 0 Å². The number of thiophene rings is 1. The Kier molecular flexibility index (Phi) is 2.37. The Morgan fingerprint density at radius 2 is 2.15 bits per heavy atom. The molecule has 0 unspecified atom stereocenters. The Morgan fingerprint density at radius 1 is 1.38 bits per heavy atom. The van der Waals surface area contributed by atoms with E-state index in [4.69, 9.17) is 23.2 Å². The molecule has 0 saturated carbocycles. The third-order valence-corrected chi connectivity index (χ3v) is 3.42. The number of aromatic hydroxyl groups is 1. The van der Waals surface area contributed by atoms with Crippen molar-refractivity contribution in [3.05, 3.63) is 28.1 Å². The average Bonchev–Trinajstić information content (AvgIpc) is 2.47. The molecule has 1 heterocycles. The number of phenolic OH excluding ortho intramolecular Hbond substituents is 1. The lowest BCUT2D eigenvalue weighted by atomic mass is 10.2. The molecule has 1 aromatic heterocycles. The van der Waals surface area contributed by atoms with Gasteiger partial charge in [0.05, 0.1) is 4.70 Å². The molecule has 13 heavy (non-hydrogen) atoms. The molecule has 0 saturated heterocycles. The highest BCUT2D eigenvalue weighted by molar-refractivity contribution is 7.17. The fraction of sp³-hybridized carbons (Fsp3) is 0.111. The first-order chi connectivity index (χ1) is 6.22. The topological polar surface area (TPSA) is 20.2 Å². The Morgan fingerprint density at radius 3 is 2.85 bits per heavy atom. The number of halogens is 2. The summed E-state index contributed by atoms with van der Waals surface area (Å²) in [6, 6.07) is 3.36. The number of benzene rings is 1. The van der Waals surface area contributed by atoms with Gasteiger partial charge in [0.1, 0.15) is 5.75 Å². The number of phenols is 1. The monoisotopic (exact) mass is 232 g/mol. The Hall–Kier alpha value is -0.440. The van der Waals surface area contributed by atoms with Gasteiger partial charge in [0.15, 0.2) is 0 Å². The lowest BCUT2D eigenvalue weighted by molar-refractivity contribution is 0.482. The van der Waals surface area contributed by atoms with Crippen LogP contribution in [0.3, 0.4) is 0 Å². The summed E-state index contributed by atoms with van der Waals surface area (Å²) >= 11 is 13.0. The maximum atomic E-state index is 9.54. The van der Waals surface area contributed by atoms with E-state index in [1.807, 2.05) is 11.4 Å². The van der Waals surface area contributed by atoms with Gasteiger partial charge in [-0.15, -0.1) is 22.9 Å². The van der Waals surface area contributed by atoms with Crippen LogP contribution in [-0.4, -0.2) is 5.11 Å². The molecule has 0 fully saturated rings. The second kappa shape index (κ2) is 3.37. The highest BCUT2D eigenvalue weighted by Crippen LogP contribution is 2.36. The molecule has 0 atom stereocenters. The van der Waals surface area contributed by atoms with Crippen LogP contribution >= 0.6 is 34.5 Å². The van der Waals surface area contributed by atoms with Gasteiger partial charge in [0.2, 0.25) is 0 Å². The van der Waals surface area contributed by atoms with Crippen LogP contribution in [0.4, 0.5) is 0 Å². The normalized spacial score (nSPS) is 10.9. The van der Waals surface area contributed by atoms with Crippen LogP contribution in [0.5, 0.6) is 5.75 Å². The Bertz CT molecular complexity index is 450. The molecule has 0 spiro atoms. The smallest absolute Gasteiger partial charge is 0.134 e. The molecule has 0 radical (unpaired) electrons. The van der Waals surface area contributed by atoms with Gasteiger partial charge in [-0.2, -0.15) is 0 Å². The second-order valence-electron chi connectivity index (χ2n) is 2.70. The van der Waals surface area contributed by atoms with E-state index in [9.17, 15) is 5.11 Å². The van der Waals surface area contributed by atoms with Crippen molar-refractivity contribution in [3.8, 4) is 5.75 Å². The molecule has 68 valence electrons. The van der Waals surface area contributed by atoms with E-state index in [1.54, 1.807) is 6.07 Å². The number of rotatable bonds is 1. The zero-order valence-electron chi connectivity index (χ0n) is 6.55. The summed E-state index contributed by atoms with van der Waals surface area (Å²) in [4.78, 5) is 0. The maximum Gasteiger partial charge on any atom is 0.134 e. The van der Waals surface area contributed by atoms with E-state index in [0.717, 1.165) is 15.6 Å². The summed E-state index contributed by atoms with van der Waals surface area (Å²) in [6.45, 7) is 0. The van der Waals surface area contributed by atoms with Gasteiger partial charge in [0, 0.05) is 16.3 Å². The van der Waals surface area contributed by atoms with Crippen molar-refractivity contribution in [2.45, 2.75) is 5.88 Å². The first-order valence-electron chi connectivity index (χ1n) is 3.67. The zero-order chi connectivity index (χ0) is 9.42. The van der Waals surface area contributed by atoms with E-state index in [2.05, 4.69) is 0 Å². The molecule has 0 amide bonds. The summed E-state index contributed by atoms with van der Waals surface area (Å²) in [5.74, 6) is 0.670. The van der Waals surface area contributed by atoms with Gasteiger partial charge in [-0.05, 0) is 23.1 Å². The molecule has 2 aromatic rings. The fourth-order valence-corrected chi connectivity index (χ4v) is 2.73. The summed E-state index contributed by atoms with van der Waals surface area (Å²) in [5.41, 5.74) is 1.01. The highest BCUT2D eigenvalue weighted by Gasteiger charge is 2.07. The van der Waals surface area contributed by atoms with Crippen LogP contribution in [0.1, 0.15) is 5.56 Å². The summed E-state index contributed by atoms with van der Waals surface area (Å²) in [6.07, 6.45) is 0. The molecule has 1 aromatic carbocycles. The first-order valence-corrected chi connectivity index (χ1v) is 5.46. The van der Waals surface area contributed by atoms with Crippen molar-refractivity contribution in [1.82, 2.24) is 0 Å². The van der Waals surface area contributed by atoms with Gasteiger partial charge in [-0.1, -0.05) is 11.6 Å². The molecule has 0 aliphatic rings. The Balaban J connectivity index is 2.82. The van der Waals surface area contributed by atoms with Crippen molar-refractivity contribution < 1.29 is 5.11 Å². The van der Waals surface area contributed by atoms with Crippen LogP contribution in [0, 0.1) is 0 Å². The minimum Gasteiger partial charge on any atom is -0.506 e. The molecule has 0 bridgehead atoms. The second-order valence-corrected chi connectivity index (χ2v) is 4.28. The lowest BCUT2D eigenvalue weighted by Gasteiger charge is -1.97. The molecule has 1 nitrogen and oxygen atoms in total. The number of fused-ring (bicyclic) bond motifs is 1. The van der Waals surface area contributed by atoms with Crippen molar-refractivity contribution in [2.24, 2.45) is 0 Å². The Labute approximate surface area is 89.5 Å². The van der Waals surface area contributed by atoms with Gasteiger partial charge < -0.3 is 5.11 Å². The van der Waals surface area contributed by atoms with E-state index in [0.29, 0.717) is 10.9 Å². The quantitative estimate of drug-likeness (QED) is 0.738. The molecular weight excluding hydrogens is 227 g/mol. The standard InChI is InChI=1S/C9H6Cl2OS/c10-3-5-4-13-9-7(5)1-6(11)2-8(9)12/h1-2,4,12H,3H2. The largest absolute Gasteiger partial charge is 0.506 e. The molecule has 4 heteroatoms. The average molecular weight is 233 g/mol. The molecular formula is C9H6Cl2OS. The zero-order valence-corrected chi connectivity index (χ0v) is 8.88. The van der Waals surface area contributed by atoms with Crippen LogP contribution in [0.25, 0.3) is 10.1 Å². The molecule has 1 N–H and O–H groups in total. The maximum absolute atomic E-state index is 9.54. The SMILES string of the molecule is Oc1cc(Cl)cc2c(CCl)csc12. The van der Waals surface area contributed by atoms with Crippen LogP contribution in [-0.2, 0) is 5.88 Å². The van der Waals surface area contributed by atoms with Crippen molar-refractivity contribution in [1.29, 1.82) is 0 Å². The third-order valence-electron chi connectivity index (χ3n) is 1.84. The number of hydrogen-bond acceptors (Lipinski definition) is 2. The number of alkyl halides is 1. The van der Waals surface area contributed by atoms with E-state index >= 15 is 0 Å². The third kappa shape index (κ3) is 1.50. The minimum atomic E-state index is 0.226. The first kappa shape index (κ1) is 9.13. The number of hydrogen-bond donors (Lipinski definition) is 1. The predicted octanol–water partition coefficient (Wildman–Crippen LogP) is 4.00. The van der Waals surface area contributed by atoms with Crippen molar-refractivity contribution in [3.63, 3.8) is 0 Å². The van der Waals surface area contributed by atoms with Crippen LogP contribution in [0.15, 0.2) is 17.5 Å². The van der Waals surface area contributed by atoms with Gasteiger partial charge in [-0.3, -0.25) is 0 Å². The van der Waals surface area contributed by atoms with Crippen molar-refractivity contribution >= 4 is 44.6 Å². The van der Waals surface area contributed by atoms with E-state index in [-0.39, 0.29) is 5.75 Å². The van der Waals surface area contributed by atoms with Gasteiger partial charge >= 0.3 is 0 Å². The fourth-order valence-electron chi connectivity index (χ4n) is 1.24. The highest BCUT2D eigenvalue weighted by atomic mass is 35.5. The van der Waals surface area contributed by atoms with Crippen LogP contribution < -0.4 is 0 Å². The predicted molar refractivity (Wildman–Crippen MR) is 58.1 cm³/mol. The summed E-state index contributed by atoms with van der Waals surface area (Å²) in [7, 11) is 0. The molecule has 2 rings (SSSR count). The summed E-state index contributed by atoms with van der Waals surface area (Å²) in [5, 5.41) is 13.0. The van der Waals surface area contributed by atoms with Crippen LogP contribution in [0.2, 0.25) is 5.02 Å².